The van der Waals surface area contributed by atoms with Gasteiger partial charge in [-0.1, -0.05) is 0 Å². The Morgan fingerprint density at radius 3 is 2.12 bits per heavy atom. The zero-order chi connectivity index (χ0) is 12.2. The minimum absolute atomic E-state index is 0.0413. The number of alkyl halides is 3. The van der Waals surface area contributed by atoms with E-state index in [4.69, 9.17) is 10.8 Å². The highest BCUT2D eigenvalue weighted by Gasteiger charge is 2.43. The van der Waals surface area contributed by atoms with Crippen LogP contribution >= 0.6 is 0 Å². The SMILES string of the molecule is NCC(N1CCN(CCO)CC1)C(F)(F)F. The summed E-state index contributed by atoms with van der Waals surface area (Å²) in [4.78, 5) is 3.31. The summed E-state index contributed by atoms with van der Waals surface area (Å²) in [6, 6.07) is -1.54. The molecule has 4 nitrogen and oxygen atoms in total. The van der Waals surface area contributed by atoms with Crippen molar-refractivity contribution in [2.75, 3.05) is 45.9 Å². The van der Waals surface area contributed by atoms with Crippen LogP contribution in [0.4, 0.5) is 13.2 Å². The Balaban J connectivity index is 2.45. The van der Waals surface area contributed by atoms with Crippen LogP contribution in [0.15, 0.2) is 0 Å². The van der Waals surface area contributed by atoms with E-state index in [1.807, 2.05) is 4.90 Å². The molecule has 3 N–H and O–H groups in total. The van der Waals surface area contributed by atoms with Gasteiger partial charge in [0.05, 0.1) is 6.61 Å². The Morgan fingerprint density at radius 2 is 1.75 bits per heavy atom. The molecule has 1 saturated heterocycles. The number of nitrogens with zero attached hydrogens (tertiary/aromatic N) is 2. The molecular formula is C9H18F3N3O. The largest absolute Gasteiger partial charge is 0.405 e. The third-order valence-corrected chi connectivity index (χ3v) is 2.86. The van der Waals surface area contributed by atoms with Gasteiger partial charge in [-0.15, -0.1) is 0 Å². The summed E-state index contributed by atoms with van der Waals surface area (Å²) in [5.41, 5.74) is 5.17. The summed E-state index contributed by atoms with van der Waals surface area (Å²) in [7, 11) is 0. The molecule has 0 aromatic rings. The van der Waals surface area contributed by atoms with Crippen LogP contribution in [0.3, 0.4) is 0 Å². The highest BCUT2D eigenvalue weighted by Crippen LogP contribution is 2.24. The molecule has 0 radical (unpaired) electrons. The van der Waals surface area contributed by atoms with Crippen LogP contribution in [0.5, 0.6) is 0 Å². The van der Waals surface area contributed by atoms with Crippen molar-refractivity contribution < 1.29 is 18.3 Å². The minimum atomic E-state index is -4.26. The normalized spacial score (nSPS) is 22.3. The van der Waals surface area contributed by atoms with Crippen LogP contribution in [0.25, 0.3) is 0 Å². The van der Waals surface area contributed by atoms with E-state index in [2.05, 4.69) is 0 Å². The fourth-order valence-electron chi connectivity index (χ4n) is 1.93. The number of nitrogens with two attached hydrogens (primary N) is 1. The van der Waals surface area contributed by atoms with E-state index in [0.29, 0.717) is 32.7 Å². The first-order valence-electron chi connectivity index (χ1n) is 5.33. The van der Waals surface area contributed by atoms with E-state index in [9.17, 15) is 13.2 Å². The van der Waals surface area contributed by atoms with E-state index >= 15 is 0 Å². The van der Waals surface area contributed by atoms with Crippen LogP contribution in [0, 0.1) is 0 Å². The van der Waals surface area contributed by atoms with Crippen LogP contribution in [-0.4, -0.2) is 73.0 Å². The van der Waals surface area contributed by atoms with Crippen LogP contribution in [0.1, 0.15) is 0 Å². The maximum absolute atomic E-state index is 12.6. The van der Waals surface area contributed by atoms with Gasteiger partial charge in [-0.25, -0.2) is 0 Å². The molecule has 1 unspecified atom stereocenters. The number of hydrogen-bond donors (Lipinski definition) is 2. The van der Waals surface area contributed by atoms with E-state index in [-0.39, 0.29) is 6.61 Å². The fraction of sp³-hybridized carbons (Fsp3) is 1.00. The van der Waals surface area contributed by atoms with Crippen molar-refractivity contribution in [3.05, 3.63) is 0 Å². The number of aliphatic hydroxyl groups excluding tert-OH is 1. The molecule has 96 valence electrons. The standard InChI is InChI=1S/C9H18F3N3O/c10-9(11,12)8(7-13)15-3-1-14(2-4-15)5-6-16/h8,16H,1-7,13H2. The average Bonchev–Trinajstić information content (AvgIpc) is 2.20. The molecule has 1 rings (SSSR count). The van der Waals surface area contributed by atoms with Crippen LogP contribution < -0.4 is 5.73 Å². The molecule has 0 spiro atoms. The smallest absolute Gasteiger partial charge is 0.395 e. The molecule has 0 aromatic carbocycles. The monoisotopic (exact) mass is 241 g/mol. The molecule has 0 saturated carbocycles. The number of piperazine rings is 1. The Morgan fingerprint density at radius 1 is 1.19 bits per heavy atom. The number of halogens is 3. The van der Waals surface area contributed by atoms with Gasteiger partial charge in [0.25, 0.3) is 0 Å². The second-order valence-corrected chi connectivity index (χ2v) is 3.89. The summed E-state index contributed by atoms with van der Waals surface area (Å²) in [5, 5.41) is 8.71. The van der Waals surface area contributed by atoms with E-state index in [1.165, 1.54) is 4.90 Å². The first-order chi connectivity index (χ1) is 7.49. The molecule has 1 heterocycles. The molecule has 0 aliphatic carbocycles. The minimum Gasteiger partial charge on any atom is -0.395 e. The fourth-order valence-corrected chi connectivity index (χ4v) is 1.93. The Hall–Kier alpha value is -0.370. The van der Waals surface area contributed by atoms with Gasteiger partial charge in [-0.05, 0) is 0 Å². The van der Waals surface area contributed by atoms with Crippen molar-refractivity contribution in [3.63, 3.8) is 0 Å². The topological polar surface area (TPSA) is 52.7 Å². The van der Waals surface area contributed by atoms with Gasteiger partial charge in [0.2, 0.25) is 0 Å². The highest BCUT2D eigenvalue weighted by atomic mass is 19.4. The lowest BCUT2D eigenvalue weighted by molar-refractivity contribution is -0.184. The lowest BCUT2D eigenvalue weighted by Gasteiger charge is -2.39. The second kappa shape index (κ2) is 5.81. The highest BCUT2D eigenvalue weighted by molar-refractivity contribution is 4.83. The van der Waals surface area contributed by atoms with Crippen molar-refractivity contribution in [1.82, 2.24) is 9.80 Å². The van der Waals surface area contributed by atoms with Gasteiger partial charge in [0.15, 0.2) is 0 Å². The lowest BCUT2D eigenvalue weighted by Crippen LogP contribution is -2.57. The molecule has 0 bridgehead atoms. The van der Waals surface area contributed by atoms with Gasteiger partial charge in [0.1, 0.15) is 6.04 Å². The van der Waals surface area contributed by atoms with Crippen LogP contribution in [-0.2, 0) is 0 Å². The molecule has 0 amide bonds. The molecule has 1 fully saturated rings. The maximum atomic E-state index is 12.6. The molecular weight excluding hydrogens is 223 g/mol. The third kappa shape index (κ3) is 3.58. The summed E-state index contributed by atoms with van der Waals surface area (Å²) in [6.07, 6.45) is -4.26. The van der Waals surface area contributed by atoms with Crippen LogP contribution in [0.2, 0.25) is 0 Å². The van der Waals surface area contributed by atoms with Crippen molar-refractivity contribution >= 4 is 0 Å². The number of hydrogen-bond acceptors (Lipinski definition) is 4. The number of β-amino-alcohol motifs (C(OH)–C–C–N with tert-alkyl or cyclic N) is 1. The molecule has 1 aliphatic heterocycles. The predicted molar refractivity (Wildman–Crippen MR) is 54.0 cm³/mol. The zero-order valence-corrected chi connectivity index (χ0v) is 9.08. The van der Waals surface area contributed by atoms with Crippen molar-refractivity contribution in [2.45, 2.75) is 12.2 Å². The van der Waals surface area contributed by atoms with Crippen molar-refractivity contribution in [2.24, 2.45) is 5.73 Å². The average molecular weight is 241 g/mol. The first-order valence-corrected chi connectivity index (χ1v) is 5.33. The van der Waals surface area contributed by atoms with Gasteiger partial charge in [0, 0.05) is 39.3 Å². The Labute approximate surface area is 92.8 Å². The van der Waals surface area contributed by atoms with E-state index in [1.54, 1.807) is 0 Å². The van der Waals surface area contributed by atoms with Crippen molar-refractivity contribution in [1.29, 1.82) is 0 Å². The Kier molecular flexibility index (Phi) is 4.97. The maximum Gasteiger partial charge on any atom is 0.405 e. The molecule has 0 aromatic heterocycles. The second-order valence-electron chi connectivity index (χ2n) is 3.89. The first kappa shape index (κ1) is 13.7. The summed E-state index contributed by atoms with van der Waals surface area (Å²) in [6.45, 7) is 1.96. The molecule has 1 aliphatic rings. The quantitative estimate of drug-likeness (QED) is 0.696. The molecule has 1 atom stereocenters. The van der Waals surface area contributed by atoms with Gasteiger partial charge < -0.3 is 10.8 Å². The van der Waals surface area contributed by atoms with Gasteiger partial charge in [-0.2, -0.15) is 13.2 Å². The summed E-state index contributed by atoms with van der Waals surface area (Å²) >= 11 is 0. The third-order valence-electron chi connectivity index (χ3n) is 2.86. The van der Waals surface area contributed by atoms with Gasteiger partial charge >= 0.3 is 6.18 Å². The number of aliphatic hydroxyl groups is 1. The van der Waals surface area contributed by atoms with Crippen molar-refractivity contribution in [3.8, 4) is 0 Å². The summed E-state index contributed by atoms with van der Waals surface area (Å²) < 4.78 is 37.7. The summed E-state index contributed by atoms with van der Waals surface area (Å²) in [5.74, 6) is 0. The zero-order valence-electron chi connectivity index (χ0n) is 9.08. The number of rotatable bonds is 4. The van der Waals surface area contributed by atoms with E-state index < -0.39 is 18.8 Å². The predicted octanol–water partition coefficient (Wildman–Crippen LogP) is -0.514. The van der Waals surface area contributed by atoms with E-state index in [0.717, 1.165) is 0 Å². The molecule has 7 heteroatoms. The Bertz CT molecular complexity index is 205. The molecule has 16 heavy (non-hydrogen) atoms. The van der Waals surface area contributed by atoms with Gasteiger partial charge in [-0.3, -0.25) is 9.80 Å². The lowest BCUT2D eigenvalue weighted by atomic mass is 10.2.